The molecule has 1 aromatic heterocycles. The van der Waals surface area contributed by atoms with Crippen LogP contribution in [0.3, 0.4) is 0 Å². The van der Waals surface area contributed by atoms with Gasteiger partial charge in [0.2, 0.25) is 0 Å². The zero-order valence-corrected chi connectivity index (χ0v) is 16.7. The highest BCUT2D eigenvalue weighted by Crippen LogP contribution is 2.23. The quantitative estimate of drug-likeness (QED) is 0.780. The largest absolute Gasteiger partial charge is 0.352 e. The minimum absolute atomic E-state index is 0.0104. The minimum Gasteiger partial charge on any atom is -0.352 e. The van der Waals surface area contributed by atoms with Crippen molar-refractivity contribution in [1.82, 2.24) is 14.8 Å². The van der Waals surface area contributed by atoms with E-state index in [0.29, 0.717) is 42.8 Å². The zero-order valence-electron chi connectivity index (χ0n) is 16.7. The number of hydrogen-bond acceptors (Lipinski definition) is 4. The molecule has 1 N–H and O–H groups in total. The molecular weight excluding hydrogens is 354 g/mol. The van der Waals surface area contributed by atoms with Crippen molar-refractivity contribution in [3.63, 3.8) is 0 Å². The van der Waals surface area contributed by atoms with Crippen LogP contribution in [0, 0.1) is 6.92 Å². The zero-order chi connectivity index (χ0) is 20.3. The number of aromatic nitrogens is 1. The second-order valence-corrected chi connectivity index (χ2v) is 7.58. The summed E-state index contributed by atoms with van der Waals surface area (Å²) in [4.78, 5) is 40.4. The Kier molecular flexibility index (Phi) is 6.09. The number of ketones is 1. The number of carbonyl (C=O) groups excluding carboxylic acids is 2. The summed E-state index contributed by atoms with van der Waals surface area (Å²) in [7, 11) is 3.94. The summed E-state index contributed by atoms with van der Waals surface area (Å²) < 4.78 is 1.54. The van der Waals surface area contributed by atoms with Crippen LogP contribution < -0.4 is 10.9 Å². The highest BCUT2D eigenvalue weighted by Gasteiger charge is 2.26. The number of fused-ring (bicyclic) bond motifs is 1. The number of pyridine rings is 1. The number of amides is 1. The van der Waals surface area contributed by atoms with Crippen LogP contribution >= 0.6 is 0 Å². The van der Waals surface area contributed by atoms with Gasteiger partial charge in [0.25, 0.3) is 11.5 Å². The van der Waals surface area contributed by atoms with Gasteiger partial charge < -0.3 is 10.2 Å². The van der Waals surface area contributed by atoms with Crippen molar-refractivity contribution in [2.45, 2.75) is 32.6 Å². The molecule has 1 aliphatic carbocycles. The van der Waals surface area contributed by atoms with Gasteiger partial charge in [-0.25, -0.2) is 0 Å². The first-order chi connectivity index (χ1) is 13.4. The van der Waals surface area contributed by atoms with Crippen molar-refractivity contribution >= 4 is 11.7 Å². The summed E-state index contributed by atoms with van der Waals surface area (Å²) in [5.41, 5.74) is 2.61. The molecule has 0 bridgehead atoms. The number of rotatable bonds is 6. The number of carbonyl (C=O) groups is 2. The SMILES string of the molecule is Cc1ccc(-n2c3c(cc(C(=O)NCCCN(C)C)c2=O)C(=O)CCC3)cc1. The molecule has 1 aromatic carbocycles. The maximum absolute atomic E-state index is 13.2. The van der Waals surface area contributed by atoms with Crippen LogP contribution in [-0.4, -0.2) is 48.3 Å². The Bertz CT molecular complexity index is 943. The summed E-state index contributed by atoms with van der Waals surface area (Å²) in [5, 5.41) is 2.81. The average Bonchev–Trinajstić information content (AvgIpc) is 2.66. The summed E-state index contributed by atoms with van der Waals surface area (Å²) in [5.74, 6) is -0.436. The lowest BCUT2D eigenvalue weighted by Gasteiger charge is -2.22. The molecule has 0 radical (unpaired) electrons. The van der Waals surface area contributed by atoms with E-state index < -0.39 is 5.91 Å². The Hall–Kier alpha value is -2.73. The Morgan fingerprint density at radius 3 is 2.54 bits per heavy atom. The smallest absolute Gasteiger partial charge is 0.268 e. The van der Waals surface area contributed by atoms with Crippen LogP contribution in [0.2, 0.25) is 0 Å². The van der Waals surface area contributed by atoms with Gasteiger partial charge in [-0.1, -0.05) is 17.7 Å². The molecule has 0 saturated heterocycles. The van der Waals surface area contributed by atoms with E-state index in [9.17, 15) is 14.4 Å². The highest BCUT2D eigenvalue weighted by molar-refractivity contribution is 6.01. The molecule has 0 spiro atoms. The van der Waals surface area contributed by atoms with Gasteiger partial charge in [0.15, 0.2) is 5.78 Å². The first kappa shape index (κ1) is 20.0. The molecule has 28 heavy (non-hydrogen) atoms. The van der Waals surface area contributed by atoms with Crippen LogP contribution in [0.1, 0.15) is 51.2 Å². The summed E-state index contributed by atoms with van der Waals surface area (Å²) >= 11 is 0. The molecule has 1 heterocycles. The van der Waals surface area contributed by atoms with Gasteiger partial charge in [-0.3, -0.25) is 19.0 Å². The molecule has 0 atom stereocenters. The predicted octanol–water partition coefficient (Wildman–Crippen LogP) is 2.35. The fraction of sp³-hybridized carbons (Fsp3) is 0.409. The van der Waals surface area contributed by atoms with Crippen molar-refractivity contribution in [3.05, 3.63) is 63.1 Å². The highest BCUT2D eigenvalue weighted by atomic mass is 16.2. The van der Waals surface area contributed by atoms with Gasteiger partial charge in [-0.05, 0) is 65.0 Å². The summed E-state index contributed by atoms with van der Waals surface area (Å²) in [6, 6.07) is 9.05. The molecule has 0 saturated carbocycles. The fourth-order valence-corrected chi connectivity index (χ4v) is 3.51. The molecule has 1 amide bonds. The predicted molar refractivity (Wildman–Crippen MR) is 110 cm³/mol. The second kappa shape index (κ2) is 8.52. The minimum atomic E-state index is -0.425. The summed E-state index contributed by atoms with van der Waals surface area (Å²) in [6.45, 7) is 3.30. The maximum atomic E-state index is 13.2. The number of hydrogen-bond donors (Lipinski definition) is 1. The van der Waals surface area contributed by atoms with Gasteiger partial charge in [0.1, 0.15) is 5.56 Å². The van der Waals surface area contributed by atoms with E-state index in [2.05, 4.69) is 5.32 Å². The van der Waals surface area contributed by atoms with Crippen molar-refractivity contribution in [1.29, 1.82) is 0 Å². The van der Waals surface area contributed by atoms with Crippen LogP contribution in [-0.2, 0) is 6.42 Å². The average molecular weight is 381 g/mol. The fourth-order valence-electron chi connectivity index (χ4n) is 3.51. The lowest BCUT2D eigenvalue weighted by molar-refractivity contribution is 0.0950. The Labute approximate surface area is 165 Å². The third-order valence-corrected chi connectivity index (χ3v) is 5.03. The Morgan fingerprint density at radius 1 is 1.14 bits per heavy atom. The lowest BCUT2D eigenvalue weighted by Crippen LogP contribution is -2.36. The van der Waals surface area contributed by atoms with Crippen molar-refractivity contribution in [2.75, 3.05) is 27.2 Å². The van der Waals surface area contributed by atoms with E-state index in [0.717, 1.165) is 18.5 Å². The van der Waals surface area contributed by atoms with Crippen LogP contribution in [0.15, 0.2) is 35.1 Å². The monoisotopic (exact) mass is 381 g/mol. The Balaban J connectivity index is 2.02. The second-order valence-electron chi connectivity index (χ2n) is 7.58. The van der Waals surface area contributed by atoms with E-state index in [1.165, 1.54) is 6.07 Å². The number of nitrogens with one attached hydrogen (secondary N) is 1. The maximum Gasteiger partial charge on any atom is 0.268 e. The first-order valence-electron chi connectivity index (χ1n) is 9.70. The van der Waals surface area contributed by atoms with Crippen molar-refractivity contribution < 1.29 is 9.59 Å². The van der Waals surface area contributed by atoms with Crippen LogP contribution in [0.5, 0.6) is 0 Å². The van der Waals surface area contributed by atoms with E-state index in [1.807, 2.05) is 50.2 Å². The molecule has 148 valence electrons. The molecule has 2 aromatic rings. The Morgan fingerprint density at radius 2 is 1.86 bits per heavy atom. The first-order valence-corrected chi connectivity index (χ1v) is 9.70. The molecule has 0 aliphatic heterocycles. The third kappa shape index (κ3) is 4.22. The normalized spacial score (nSPS) is 13.5. The van der Waals surface area contributed by atoms with E-state index in [1.54, 1.807) is 4.57 Å². The van der Waals surface area contributed by atoms with Gasteiger partial charge in [-0.15, -0.1) is 0 Å². The standard InChI is InChI=1S/C22H27N3O3/c1-15-8-10-16(11-9-15)25-19-6-4-7-20(26)17(19)14-18(22(25)28)21(27)23-12-5-13-24(2)3/h8-11,14H,4-7,12-13H2,1-3H3,(H,23,27). The topological polar surface area (TPSA) is 71.4 Å². The van der Waals surface area contributed by atoms with Gasteiger partial charge in [0, 0.05) is 29.9 Å². The van der Waals surface area contributed by atoms with Crippen molar-refractivity contribution in [2.24, 2.45) is 0 Å². The number of benzene rings is 1. The van der Waals surface area contributed by atoms with E-state index >= 15 is 0 Å². The number of aryl methyl sites for hydroxylation is 1. The molecular formula is C22H27N3O3. The van der Waals surface area contributed by atoms with Gasteiger partial charge >= 0.3 is 0 Å². The molecule has 1 aliphatic rings. The lowest BCUT2D eigenvalue weighted by atomic mass is 9.92. The van der Waals surface area contributed by atoms with Crippen LogP contribution in [0.4, 0.5) is 0 Å². The number of Topliss-reactive ketones (excluding diaryl/α,β-unsaturated/α-hetero) is 1. The van der Waals surface area contributed by atoms with Crippen LogP contribution in [0.25, 0.3) is 5.69 Å². The third-order valence-electron chi connectivity index (χ3n) is 5.03. The molecule has 3 rings (SSSR count). The van der Waals surface area contributed by atoms with E-state index in [4.69, 9.17) is 0 Å². The summed E-state index contributed by atoms with van der Waals surface area (Å²) in [6.07, 6.45) is 2.60. The number of nitrogens with zero attached hydrogens (tertiary/aromatic N) is 2. The molecule has 0 fully saturated rings. The van der Waals surface area contributed by atoms with Gasteiger partial charge in [-0.2, -0.15) is 0 Å². The molecule has 0 unspecified atom stereocenters. The van der Waals surface area contributed by atoms with Gasteiger partial charge in [0.05, 0.1) is 0 Å². The molecule has 6 nitrogen and oxygen atoms in total. The molecule has 6 heteroatoms. The van der Waals surface area contributed by atoms with Crippen molar-refractivity contribution in [3.8, 4) is 5.69 Å². The van der Waals surface area contributed by atoms with E-state index in [-0.39, 0.29) is 16.9 Å².